The second-order valence-corrected chi connectivity index (χ2v) is 3.20. The molecule has 16 heavy (non-hydrogen) atoms. The van der Waals surface area contributed by atoms with Crippen molar-refractivity contribution in [2.75, 3.05) is 6.61 Å². The van der Waals surface area contributed by atoms with E-state index in [2.05, 4.69) is 4.74 Å². The van der Waals surface area contributed by atoms with E-state index in [4.69, 9.17) is 11.6 Å². The number of halogens is 3. The fourth-order valence-corrected chi connectivity index (χ4v) is 1.34. The van der Waals surface area contributed by atoms with Crippen LogP contribution in [0.1, 0.15) is 29.4 Å². The number of pyridine rings is 1. The molecule has 0 aliphatic rings. The Bertz CT molecular complexity index is 459. The van der Waals surface area contributed by atoms with Crippen LogP contribution in [0.25, 0.3) is 0 Å². The summed E-state index contributed by atoms with van der Waals surface area (Å²) >= 11 is 5.47. The van der Waals surface area contributed by atoms with Crippen LogP contribution in [0.4, 0.5) is 8.78 Å². The van der Waals surface area contributed by atoms with Crippen LogP contribution >= 0.6 is 11.6 Å². The Hall–Kier alpha value is -1.43. The van der Waals surface area contributed by atoms with Crippen molar-refractivity contribution in [1.29, 1.82) is 0 Å². The van der Waals surface area contributed by atoms with Gasteiger partial charge in [-0.25, -0.2) is 13.6 Å². The van der Waals surface area contributed by atoms with E-state index in [1.54, 1.807) is 6.92 Å². The molecule has 1 N–H and O–H groups in total. The van der Waals surface area contributed by atoms with Crippen LogP contribution in [-0.2, 0) is 4.74 Å². The van der Waals surface area contributed by atoms with Gasteiger partial charge in [-0.1, -0.05) is 11.6 Å². The van der Waals surface area contributed by atoms with Crippen molar-refractivity contribution in [2.45, 2.75) is 13.3 Å². The minimum atomic E-state index is -2.99. The van der Waals surface area contributed by atoms with Crippen molar-refractivity contribution in [3.8, 4) is 0 Å². The third-order valence-electron chi connectivity index (χ3n) is 1.73. The summed E-state index contributed by atoms with van der Waals surface area (Å²) < 4.78 is 29.3. The lowest BCUT2D eigenvalue weighted by Crippen LogP contribution is -2.19. The molecule has 0 bridgehead atoms. The van der Waals surface area contributed by atoms with Gasteiger partial charge in [-0.05, 0) is 13.0 Å². The monoisotopic (exact) mass is 251 g/mol. The smallest absolute Gasteiger partial charge is 0.354 e. The normalized spacial score (nSPS) is 10.6. The molecule has 0 fully saturated rings. The van der Waals surface area contributed by atoms with E-state index >= 15 is 0 Å². The summed E-state index contributed by atoms with van der Waals surface area (Å²) in [4.78, 5) is 24.4. The summed E-state index contributed by atoms with van der Waals surface area (Å²) in [6, 6.07) is 0.947. The predicted octanol–water partition coefficient (Wildman–Crippen LogP) is 2.14. The standard InChI is InChI=1S/C9H8ClF2NO3/c1-2-16-9(15)5-3-4(10)6(7(11)12)8(14)13-5/h3,7H,2H2,1H3,(H,13,14). The van der Waals surface area contributed by atoms with Gasteiger partial charge in [0.05, 0.1) is 11.6 Å². The number of rotatable bonds is 3. The van der Waals surface area contributed by atoms with Crippen LogP contribution in [0.3, 0.4) is 0 Å². The third-order valence-corrected chi connectivity index (χ3v) is 2.05. The van der Waals surface area contributed by atoms with Crippen LogP contribution in [-0.4, -0.2) is 17.6 Å². The number of carbonyl (C=O) groups is 1. The maximum atomic E-state index is 12.3. The van der Waals surface area contributed by atoms with Gasteiger partial charge in [-0.2, -0.15) is 0 Å². The second kappa shape index (κ2) is 5.07. The maximum absolute atomic E-state index is 12.3. The van der Waals surface area contributed by atoms with Crippen molar-refractivity contribution in [1.82, 2.24) is 4.98 Å². The second-order valence-electron chi connectivity index (χ2n) is 2.79. The first-order chi connectivity index (χ1) is 7.47. The summed E-state index contributed by atoms with van der Waals surface area (Å²) in [5.74, 6) is -0.817. The van der Waals surface area contributed by atoms with Crippen LogP contribution < -0.4 is 5.56 Å². The van der Waals surface area contributed by atoms with Gasteiger partial charge in [0, 0.05) is 0 Å². The first-order valence-corrected chi connectivity index (χ1v) is 4.73. The van der Waals surface area contributed by atoms with Crippen LogP contribution in [0.5, 0.6) is 0 Å². The number of aromatic amines is 1. The van der Waals surface area contributed by atoms with Gasteiger partial charge >= 0.3 is 5.97 Å². The molecule has 0 aliphatic heterocycles. The minimum Gasteiger partial charge on any atom is -0.461 e. The average molecular weight is 252 g/mol. The largest absolute Gasteiger partial charge is 0.461 e. The van der Waals surface area contributed by atoms with E-state index in [1.165, 1.54) is 0 Å². The van der Waals surface area contributed by atoms with E-state index in [0.717, 1.165) is 6.07 Å². The molecule has 0 saturated heterocycles. The number of H-pyrrole nitrogens is 1. The Morgan fingerprint density at radius 1 is 1.62 bits per heavy atom. The molecular weight excluding hydrogens is 244 g/mol. The molecule has 0 amide bonds. The van der Waals surface area contributed by atoms with Crippen molar-refractivity contribution in [3.05, 3.63) is 32.7 Å². The summed E-state index contributed by atoms with van der Waals surface area (Å²) in [5.41, 5.74) is -2.19. The van der Waals surface area contributed by atoms with Crippen LogP contribution in [0.15, 0.2) is 10.9 Å². The molecule has 0 saturated carbocycles. The SMILES string of the molecule is CCOC(=O)c1cc(Cl)c(C(F)F)c(=O)[nH]1. The minimum absolute atomic E-state index is 0.106. The van der Waals surface area contributed by atoms with Gasteiger partial charge in [-0.15, -0.1) is 0 Å². The zero-order chi connectivity index (χ0) is 12.3. The maximum Gasteiger partial charge on any atom is 0.354 e. The lowest BCUT2D eigenvalue weighted by atomic mass is 10.2. The third kappa shape index (κ3) is 2.57. The van der Waals surface area contributed by atoms with Crippen molar-refractivity contribution in [3.63, 3.8) is 0 Å². The van der Waals surface area contributed by atoms with E-state index in [-0.39, 0.29) is 12.3 Å². The van der Waals surface area contributed by atoms with Gasteiger partial charge in [0.2, 0.25) is 0 Å². The van der Waals surface area contributed by atoms with Crippen LogP contribution in [0.2, 0.25) is 5.02 Å². The number of hydrogen-bond acceptors (Lipinski definition) is 3. The number of alkyl halides is 2. The molecule has 1 rings (SSSR count). The molecule has 1 aromatic rings. The summed E-state index contributed by atoms with van der Waals surface area (Å²) in [6.45, 7) is 1.68. The topological polar surface area (TPSA) is 59.2 Å². The van der Waals surface area contributed by atoms with Gasteiger partial charge < -0.3 is 9.72 Å². The van der Waals surface area contributed by atoms with E-state index in [0.29, 0.717) is 0 Å². The van der Waals surface area contributed by atoms with Crippen LogP contribution in [0, 0.1) is 0 Å². The van der Waals surface area contributed by atoms with Gasteiger partial charge in [-0.3, -0.25) is 4.79 Å². The van der Waals surface area contributed by atoms with Crippen molar-refractivity contribution in [2.24, 2.45) is 0 Å². The Labute approximate surface area is 94.2 Å². The molecule has 1 heterocycles. The molecule has 4 nitrogen and oxygen atoms in total. The summed E-state index contributed by atoms with van der Waals surface area (Å²) in [6.07, 6.45) is -2.99. The number of hydrogen-bond donors (Lipinski definition) is 1. The van der Waals surface area contributed by atoms with Gasteiger partial charge in [0.25, 0.3) is 12.0 Å². The molecule has 0 aromatic carbocycles. The van der Waals surface area contributed by atoms with Gasteiger partial charge in [0.15, 0.2) is 0 Å². The quantitative estimate of drug-likeness (QED) is 0.838. The Morgan fingerprint density at radius 2 is 2.25 bits per heavy atom. The molecule has 7 heteroatoms. The highest BCUT2D eigenvalue weighted by molar-refractivity contribution is 6.31. The molecular formula is C9H8ClF2NO3. The fraction of sp³-hybridized carbons (Fsp3) is 0.333. The Balaban J connectivity index is 3.20. The molecule has 0 aliphatic carbocycles. The number of carbonyl (C=O) groups excluding carboxylic acids is 1. The highest BCUT2D eigenvalue weighted by Gasteiger charge is 2.19. The summed E-state index contributed by atoms with van der Waals surface area (Å²) in [5, 5.41) is -0.457. The zero-order valence-electron chi connectivity index (χ0n) is 8.22. The number of ether oxygens (including phenoxy) is 1. The Morgan fingerprint density at radius 3 is 2.69 bits per heavy atom. The summed E-state index contributed by atoms with van der Waals surface area (Å²) in [7, 11) is 0. The molecule has 0 unspecified atom stereocenters. The average Bonchev–Trinajstić information content (AvgIpc) is 2.16. The number of aromatic nitrogens is 1. The molecule has 88 valence electrons. The molecule has 1 aromatic heterocycles. The van der Waals surface area contributed by atoms with Gasteiger partial charge in [0.1, 0.15) is 11.3 Å². The van der Waals surface area contributed by atoms with E-state index in [9.17, 15) is 18.4 Å². The van der Waals surface area contributed by atoms with E-state index in [1.807, 2.05) is 4.98 Å². The Kier molecular flexibility index (Phi) is 4.00. The first kappa shape index (κ1) is 12.6. The van der Waals surface area contributed by atoms with Crippen molar-refractivity contribution < 1.29 is 18.3 Å². The highest BCUT2D eigenvalue weighted by Crippen LogP contribution is 2.23. The fourth-order valence-electron chi connectivity index (χ4n) is 1.06. The molecule has 0 radical (unpaired) electrons. The van der Waals surface area contributed by atoms with E-state index < -0.39 is 28.5 Å². The highest BCUT2D eigenvalue weighted by atomic mass is 35.5. The molecule has 0 spiro atoms. The number of esters is 1. The molecule has 0 atom stereocenters. The lowest BCUT2D eigenvalue weighted by molar-refractivity contribution is 0.0518. The zero-order valence-corrected chi connectivity index (χ0v) is 8.98. The predicted molar refractivity (Wildman–Crippen MR) is 53.0 cm³/mol. The lowest BCUT2D eigenvalue weighted by Gasteiger charge is -2.05. The van der Waals surface area contributed by atoms with Crippen molar-refractivity contribution >= 4 is 17.6 Å². The first-order valence-electron chi connectivity index (χ1n) is 4.35. The number of nitrogens with one attached hydrogen (secondary N) is 1.